The summed E-state index contributed by atoms with van der Waals surface area (Å²) in [4.78, 5) is 12.3. The molecule has 7 heteroatoms. The van der Waals surface area contributed by atoms with Crippen molar-refractivity contribution >= 4 is 40.4 Å². The minimum atomic E-state index is -0.493. The minimum Gasteiger partial charge on any atom is -0.504 e. The fourth-order valence-corrected chi connectivity index (χ4v) is 1.93. The summed E-state index contributed by atoms with van der Waals surface area (Å²) in [5.41, 5.74) is 6.61. The van der Waals surface area contributed by atoms with Gasteiger partial charge in [0.1, 0.15) is 4.99 Å². The monoisotopic (exact) mass is 322 g/mol. The van der Waals surface area contributed by atoms with Crippen LogP contribution in [0.4, 0.5) is 5.69 Å². The zero-order valence-electron chi connectivity index (χ0n) is 10.6. The van der Waals surface area contributed by atoms with Crippen LogP contribution in [0.15, 0.2) is 36.4 Å². The van der Waals surface area contributed by atoms with Crippen LogP contribution in [-0.2, 0) is 0 Å². The molecule has 5 nitrogen and oxygen atoms in total. The number of benzene rings is 2. The molecule has 0 spiro atoms. The summed E-state index contributed by atoms with van der Waals surface area (Å²) in [6.45, 7) is 0. The number of halogens is 1. The van der Waals surface area contributed by atoms with E-state index >= 15 is 0 Å². The molecule has 0 atom stereocenters. The molecule has 0 saturated heterocycles. The van der Waals surface area contributed by atoms with Crippen LogP contribution in [0, 0.1) is 0 Å². The van der Waals surface area contributed by atoms with Crippen LogP contribution in [0.1, 0.15) is 15.9 Å². The van der Waals surface area contributed by atoms with Crippen molar-refractivity contribution in [2.75, 3.05) is 5.32 Å². The van der Waals surface area contributed by atoms with Crippen molar-refractivity contribution in [1.82, 2.24) is 0 Å². The van der Waals surface area contributed by atoms with Crippen LogP contribution in [0.5, 0.6) is 11.5 Å². The molecule has 0 heterocycles. The van der Waals surface area contributed by atoms with E-state index in [4.69, 9.17) is 29.6 Å². The van der Waals surface area contributed by atoms with Gasteiger partial charge in [0, 0.05) is 11.1 Å². The summed E-state index contributed by atoms with van der Waals surface area (Å²) in [7, 11) is 0. The minimum absolute atomic E-state index is 0.169. The fourth-order valence-electron chi connectivity index (χ4n) is 1.63. The van der Waals surface area contributed by atoms with Gasteiger partial charge in [-0.1, -0.05) is 29.9 Å². The Hall–Kier alpha value is -2.31. The van der Waals surface area contributed by atoms with Crippen LogP contribution in [0.25, 0.3) is 0 Å². The Labute approximate surface area is 131 Å². The zero-order valence-corrected chi connectivity index (χ0v) is 12.2. The average molecular weight is 323 g/mol. The summed E-state index contributed by atoms with van der Waals surface area (Å²) in [5, 5.41) is 21.5. The molecule has 5 N–H and O–H groups in total. The maximum absolute atomic E-state index is 12.1. The van der Waals surface area contributed by atoms with Crippen molar-refractivity contribution in [2.24, 2.45) is 5.73 Å². The van der Waals surface area contributed by atoms with Crippen molar-refractivity contribution in [3.63, 3.8) is 0 Å². The number of phenolic OH excluding ortho intramolecular Hbond substituents is 2. The first-order valence-electron chi connectivity index (χ1n) is 5.81. The first-order valence-corrected chi connectivity index (χ1v) is 6.60. The first kappa shape index (κ1) is 15.1. The number of phenols is 2. The molecule has 108 valence electrons. The highest BCUT2D eigenvalue weighted by Crippen LogP contribution is 2.27. The highest BCUT2D eigenvalue weighted by molar-refractivity contribution is 7.80. The number of rotatable bonds is 3. The predicted molar refractivity (Wildman–Crippen MR) is 85.1 cm³/mol. The number of anilines is 1. The van der Waals surface area contributed by atoms with Crippen molar-refractivity contribution < 1.29 is 15.0 Å². The average Bonchev–Trinajstić information content (AvgIpc) is 2.43. The third-order valence-electron chi connectivity index (χ3n) is 2.74. The molecule has 0 aromatic heterocycles. The predicted octanol–water partition coefficient (Wildman–Crippen LogP) is 2.64. The Morgan fingerprint density at radius 3 is 2.38 bits per heavy atom. The smallest absolute Gasteiger partial charge is 0.255 e. The molecule has 0 aliphatic carbocycles. The summed E-state index contributed by atoms with van der Waals surface area (Å²) < 4.78 is 0. The molecule has 1 amide bonds. The Morgan fingerprint density at radius 1 is 1.10 bits per heavy atom. The number of aromatic hydroxyl groups is 2. The molecule has 2 aromatic rings. The molecule has 0 aliphatic heterocycles. The van der Waals surface area contributed by atoms with Crippen LogP contribution in [-0.4, -0.2) is 21.1 Å². The van der Waals surface area contributed by atoms with E-state index < -0.39 is 5.91 Å². The Kier molecular flexibility index (Phi) is 4.30. The van der Waals surface area contributed by atoms with Crippen molar-refractivity contribution in [3.8, 4) is 11.5 Å². The van der Waals surface area contributed by atoms with E-state index in [9.17, 15) is 15.0 Å². The van der Waals surface area contributed by atoms with E-state index in [0.717, 1.165) is 6.07 Å². The molecular weight excluding hydrogens is 312 g/mol. The third-order valence-corrected chi connectivity index (χ3v) is 3.30. The zero-order chi connectivity index (χ0) is 15.6. The number of thiocarbonyl (C=S) groups is 1. The third kappa shape index (κ3) is 3.42. The van der Waals surface area contributed by atoms with Crippen molar-refractivity contribution in [3.05, 3.63) is 52.5 Å². The topological polar surface area (TPSA) is 95.6 Å². The van der Waals surface area contributed by atoms with E-state index in [1.807, 2.05) is 0 Å². The van der Waals surface area contributed by atoms with Gasteiger partial charge in [-0.2, -0.15) is 0 Å². The van der Waals surface area contributed by atoms with Crippen molar-refractivity contribution in [1.29, 1.82) is 0 Å². The van der Waals surface area contributed by atoms with Gasteiger partial charge in [-0.25, -0.2) is 0 Å². The normalized spacial score (nSPS) is 10.1. The lowest BCUT2D eigenvalue weighted by molar-refractivity contribution is 0.102. The maximum atomic E-state index is 12.1. The standard InChI is InChI=1S/C14H11ClN2O3S/c15-9-3-1-7(13(16)21)5-10(9)17-14(20)8-2-4-11(18)12(19)6-8/h1-6,18-19H,(H2,16,21)(H,17,20). The molecule has 0 unspecified atom stereocenters. The van der Waals surface area contributed by atoms with Gasteiger partial charge >= 0.3 is 0 Å². The summed E-state index contributed by atoms with van der Waals surface area (Å²) in [6.07, 6.45) is 0. The fraction of sp³-hybridized carbons (Fsp3) is 0. The maximum Gasteiger partial charge on any atom is 0.255 e. The number of carbonyl (C=O) groups excluding carboxylic acids is 1. The summed E-state index contributed by atoms with van der Waals surface area (Å²) >= 11 is 10.9. The second kappa shape index (κ2) is 5.99. The summed E-state index contributed by atoms with van der Waals surface area (Å²) in [6, 6.07) is 8.51. The van der Waals surface area contributed by atoms with Gasteiger partial charge in [-0.15, -0.1) is 0 Å². The molecule has 0 saturated carbocycles. The molecule has 2 aromatic carbocycles. The first-order chi connectivity index (χ1) is 9.88. The lowest BCUT2D eigenvalue weighted by Crippen LogP contribution is -2.14. The second-order valence-corrected chi connectivity index (χ2v) is 5.06. The van der Waals surface area contributed by atoms with Crippen molar-refractivity contribution in [2.45, 2.75) is 0 Å². The van der Waals surface area contributed by atoms with Gasteiger partial charge < -0.3 is 21.3 Å². The van der Waals surface area contributed by atoms with E-state index in [1.165, 1.54) is 12.1 Å². The molecule has 0 radical (unpaired) electrons. The van der Waals surface area contributed by atoms with E-state index in [2.05, 4.69) is 5.32 Å². The largest absolute Gasteiger partial charge is 0.504 e. The number of amides is 1. The molecule has 2 rings (SSSR count). The molecule has 0 bridgehead atoms. The van der Waals surface area contributed by atoms with Gasteiger partial charge in [-0.05, 0) is 30.3 Å². The van der Waals surface area contributed by atoms with Gasteiger partial charge in [-0.3, -0.25) is 4.79 Å². The Morgan fingerprint density at radius 2 is 1.76 bits per heavy atom. The SMILES string of the molecule is NC(=S)c1ccc(Cl)c(NC(=O)c2ccc(O)c(O)c2)c1. The molecule has 0 fully saturated rings. The van der Waals surface area contributed by atoms with Crippen LogP contribution in [0.3, 0.4) is 0 Å². The second-order valence-electron chi connectivity index (χ2n) is 4.22. The molecular formula is C14H11ClN2O3S. The van der Waals surface area contributed by atoms with Crippen LogP contribution in [0.2, 0.25) is 5.02 Å². The highest BCUT2D eigenvalue weighted by Gasteiger charge is 2.12. The van der Waals surface area contributed by atoms with Gasteiger partial charge in [0.25, 0.3) is 5.91 Å². The number of nitrogens with two attached hydrogens (primary N) is 1. The Bertz CT molecular complexity index is 734. The van der Waals surface area contributed by atoms with E-state index in [-0.39, 0.29) is 22.1 Å². The Balaban J connectivity index is 2.28. The highest BCUT2D eigenvalue weighted by atomic mass is 35.5. The van der Waals surface area contributed by atoms with Gasteiger partial charge in [0.15, 0.2) is 11.5 Å². The number of nitrogens with one attached hydrogen (secondary N) is 1. The van der Waals surface area contributed by atoms with Crippen LogP contribution >= 0.6 is 23.8 Å². The van der Waals surface area contributed by atoms with Crippen LogP contribution < -0.4 is 11.1 Å². The van der Waals surface area contributed by atoms with Gasteiger partial charge in [0.05, 0.1) is 10.7 Å². The molecule has 21 heavy (non-hydrogen) atoms. The summed E-state index contributed by atoms with van der Waals surface area (Å²) in [5.74, 6) is -1.18. The lowest BCUT2D eigenvalue weighted by atomic mass is 10.1. The quantitative estimate of drug-likeness (QED) is 0.514. The number of hydrogen-bond acceptors (Lipinski definition) is 4. The number of hydrogen-bond donors (Lipinski definition) is 4. The van der Waals surface area contributed by atoms with E-state index in [0.29, 0.717) is 16.3 Å². The number of carbonyl (C=O) groups is 1. The molecule has 0 aliphatic rings. The van der Waals surface area contributed by atoms with E-state index in [1.54, 1.807) is 18.2 Å². The lowest BCUT2D eigenvalue weighted by Gasteiger charge is -2.09. The van der Waals surface area contributed by atoms with Gasteiger partial charge in [0.2, 0.25) is 0 Å².